The highest BCUT2D eigenvalue weighted by atomic mass is 79.9. The fourth-order valence-corrected chi connectivity index (χ4v) is 3.87. The highest BCUT2D eigenvalue weighted by Crippen LogP contribution is 2.31. The Kier molecular flexibility index (Phi) is 6.92. The Labute approximate surface area is 156 Å². The summed E-state index contributed by atoms with van der Waals surface area (Å²) in [5, 5.41) is 7.00. The predicted octanol–water partition coefficient (Wildman–Crippen LogP) is 1.68. The van der Waals surface area contributed by atoms with Crippen molar-refractivity contribution in [3.63, 3.8) is 0 Å². The zero-order chi connectivity index (χ0) is 18.6. The number of nitrogens with zero attached hydrogens (tertiary/aromatic N) is 5. The number of amides is 1. The van der Waals surface area contributed by atoms with Gasteiger partial charge in [-0.05, 0) is 49.8 Å². The second kappa shape index (κ2) is 8.73. The first-order chi connectivity index (χ1) is 12.0. The molecule has 1 N–H and O–H groups in total. The van der Waals surface area contributed by atoms with Crippen LogP contribution in [0.5, 0.6) is 0 Å². The molecule has 1 fully saturated rings. The summed E-state index contributed by atoms with van der Waals surface area (Å²) >= 11 is 3.56. The van der Waals surface area contributed by atoms with Gasteiger partial charge in [0.1, 0.15) is 15.9 Å². The largest absolute Gasteiger partial charge is 0.400 e. The van der Waals surface area contributed by atoms with E-state index in [1.54, 1.807) is 0 Å². The summed E-state index contributed by atoms with van der Waals surface area (Å²) in [6.07, 6.45) is 5.69. The minimum Gasteiger partial charge on any atom is -0.400 e. The maximum Gasteiger partial charge on any atom is 0.236 e. The number of imidazole rings is 1. The van der Waals surface area contributed by atoms with Crippen LogP contribution < -0.4 is 0 Å². The molecule has 0 aliphatic carbocycles. The quantitative estimate of drug-likeness (QED) is 0.831. The number of hydrogen-bond donors (Lipinski definition) is 1. The lowest BCUT2D eigenvalue weighted by Crippen LogP contribution is -2.42. The van der Waals surface area contributed by atoms with Crippen molar-refractivity contribution in [1.29, 1.82) is 0 Å². The van der Waals surface area contributed by atoms with Crippen LogP contribution in [0.15, 0.2) is 17.0 Å². The molecule has 7 nitrogen and oxygen atoms in total. The smallest absolute Gasteiger partial charge is 0.236 e. The molecule has 0 spiro atoms. The van der Waals surface area contributed by atoms with E-state index >= 15 is 0 Å². The Balaban J connectivity index is 0.00000109. The zero-order valence-corrected chi connectivity index (χ0v) is 16.8. The van der Waals surface area contributed by atoms with E-state index in [0.717, 1.165) is 54.7 Å². The van der Waals surface area contributed by atoms with Crippen molar-refractivity contribution in [1.82, 2.24) is 24.2 Å². The summed E-state index contributed by atoms with van der Waals surface area (Å²) < 4.78 is 2.98. The van der Waals surface area contributed by atoms with Crippen LogP contribution in [0.3, 0.4) is 0 Å². The molecular weight excluding hydrogens is 386 g/mol. The third-order valence-electron chi connectivity index (χ3n) is 4.39. The molecule has 1 aliphatic rings. The standard InChI is InChI=1S/C16H22BrN5O.CH4O/c1-11-14-15(17)19-16(22(14)9-6-18-11)12-4-7-21(8-5-12)13(23)10-20(2)3;1-2/h6,9,12H,4-5,7-8,10H2,1-3H3;2H,1H3. The molecule has 0 atom stereocenters. The fourth-order valence-electron chi connectivity index (χ4n) is 3.21. The fraction of sp³-hybridized carbons (Fsp3) is 0.588. The van der Waals surface area contributed by atoms with E-state index in [1.807, 2.05) is 43.2 Å². The van der Waals surface area contributed by atoms with Crippen molar-refractivity contribution in [2.24, 2.45) is 0 Å². The number of aromatic nitrogens is 3. The molecular formula is C17H26BrN5O2. The first kappa shape index (κ1) is 19.8. The number of likely N-dealkylation sites (tertiary alicyclic amines) is 1. The number of fused-ring (bicyclic) bond motifs is 1. The molecule has 0 aromatic carbocycles. The number of carbonyl (C=O) groups is 1. The van der Waals surface area contributed by atoms with Crippen LogP contribution in [0.2, 0.25) is 0 Å². The van der Waals surface area contributed by atoms with Crippen LogP contribution in [0.25, 0.3) is 5.52 Å². The van der Waals surface area contributed by atoms with Gasteiger partial charge in [0.25, 0.3) is 0 Å². The lowest BCUT2D eigenvalue weighted by molar-refractivity contribution is -0.132. The Morgan fingerprint density at radius 2 is 2.00 bits per heavy atom. The van der Waals surface area contributed by atoms with E-state index in [2.05, 4.69) is 25.3 Å². The van der Waals surface area contributed by atoms with Crippen LogP contribution in [-0.2, 0) is 4.79 Å². The Morgan fingerprint density at radius 1 is 1.36 bits per heavy atom. The predicted molar refractivity (Wildman–Crippen MR) is 101 cm³/mol. The van der Waals surface area contributed by atoms with E-state index < -0.39 is 0 Å². The highest BCUT2D eigenvalue weighted by molar-refractivity contribution is 9.10. The minimum absolute atomic E-state index is 0.211. The van der Waals surface area contributed by atoms with Crippen LogP contribution in [0.4, 0.5) is 0 Å². The van der Waals surface area contributed by atoms with E-state index in [0.29, 0.717) is 12.5 Å². The van der Waals surface area contributed by atoms with Crippen LogP contribution in [0, 0.1) is 6.92 Å². The lowest BCUT2D eigenvalue weighted by atomic mass is 9.96. The maximum absolute atomic E-state index is 12.2. The van der Waals surface area contributed by atoms with Gasteiger partial charge in [0.2, 0.25) is 5.91 Å². The Morgan fingerprint density at radius 3 is 2.60 bits per heavy atom. The molecule has 8 heteroatoms. The number of piperidine rings is 1. The molecule has 2 aromatic rings. The van der Waals surface area contributed by atoms with Gasteiger partial charge in [0, 0.05) is 38.5 Å². The van der Waals surface area contributed by atoms with Crippen molar-refractivity contribution in [2.45, 2.75) is 25.7 Å². The molecule has 0 saturated carbocycles. The topological polar surface area (TPSA) is 74.0 Å². The molecule has 3 rings (SSSR count). The molecule has 0 radical (unpaired) electrons. The summed E-state index contributed by atoms with van der Waals surface area (Å²) in [5.41, 5.74) is 2.00. The third-order valence-corrected chi connectivity index (χ3v) is 4.94. The number of halogens is 1. The molecule has 138 valence electrons. The number of aryl methyl sites for hydroxylation is 1. The van der Waals surface area contributed by atoms with Gasteiger partial charge in [-0.25, -0.2) is 4.98 Å². The number of rotatable bonds is 3. The van der Waals surface area contributed by atoms with Gasteiger partial charge in [-0.15, -0.1) is 0 Å². The molecule has 1 aliphatic heterocycles. The molecule has 1 amide bonds. The lowest BCUT2D eigenvalue weighted by Gasteiger charge is -2.32. The molecule has 3 heterocycles. The van der Waals surface area contributed by atoms with Crippen molar-refractivity contribution in [2.75, 3.05) is 40.8 Å². The average Bonchev–Trinajstić information content (AvgIpc) is 2.94. The Bertz CT molecular complexity index is 723. The Hall–Kier alpha value is -1.51. The minimum atomic E-state index is 0.211. The maximum atomic E-state index is 12.2. The summed E-state index contributed by atoms with van der Waals surface area (Å²) in [7, 11) is 4.85. The van der Waals surface area contributed by atoms with Crippen molar-refractivity contribution in [3.05, 3.63) is 28.5 Å². The third kappa shape index (κ3) is 4.37. The number of likely N-dealkylation sites (N-methyl/N-ethyl adjacent to an activating group) is 1. The molecule has 2 aromatic heterocycles. The second-order valence-corrected chi connectivity index (χ2v) is 7.14. The van der Waals surface area contributed by atoms with Crippen LogP contribution >= 0.6 is 15.9 Å². The van der Waals surface area contributed by atoms with Gasteiger partial charge in [-0.3, -0.25) is 14.2 Å². The SMILES string of the molecule is CO.Cc1nccn2c(C3CCN(C(=O)CN(C)C)CC3)nc(Br)c12. The zero-order valence-electron chi connectivity index (χ0n) is 15.2. The van der Waals surface area contributed by atoms with Gasteiger partial charge in [0.05, 0.1) is 12.2 Å². The number of aliphatic hydroxyl groups excluding tert-OH is 1. The van der Waals surface area contributed by atoms with Crippen LogP contribution in [-0.4, -0.2) is 76.0 Å². The second-order valence-electron chi connectivity index (χ2n) is 6.38. The first-order valence-electron chi connectivity index (χ1n) is 8.33. The van der Waals surface area contributed by atoms with Crippen molar-refractivity contribution in [3.8, 4) is 0 Å². The highest BCUT2D eigenvalue weighted by Gasteiger charge is 2.27. The average molecular weight is 412 g/mol. The monoisotopic (exact) mass is 411 g/mol. The number of aliphatic hydroxyl groups is 1. The van der Waals surface area contributed by atoms with Gasteiger partial charge in [0.15, 0.2) is 0 Å². The normalized spacial score (nSPS) is 15.4. The van der Waals surface area contributed by atoms with Gasteiger partial charge < -0.3 is 14.9 Å². The van der Waals surface area contributed by atoms with E-state index in [1.165, 1.54) is 0 Å². The van der Waals surface area contributed by atoms with Crippen molar-refractivity contribution >= 4 is 27.4 Å². The van der Waals surface area contributed by atoms with Gasteiger partial charge >= 0.3 is 0 Å². The first-order valence-corrected chi connectivity index (χ1v) is 9.13. The molecule has 1 saturated heterocycles. The van der Waals surface area contributed by atoms with Gasteiger partial charge in [-0.2, -0.15) is 0 Å². The summed E-state index contributed by atoms with van der Waals surface area (Å²) in [4.78, 5) is 25.1. The van der Waals surface area contributed by atoms with Gasteiger partial charge in [-0.1, -0.05) is 0 Å². The van der Waals surface area contributed by atoms with E-state index in [-0.39, 0.29) is 5.91 Å². The molecule has 0 bridgehead atoms. The number of carbonyl (C=O) groups excluding carboxylic acids is 1. The summed E-state index contributed by atoms with van der Waals surface area (Å²) in [6.45, 7) is 4.07. The molecule has 25 heavy (non-hydrogen) atoms. The molecule has 0 unspecified atom stereocenters. The van der Waals surface area contributed by atoms with E-state index in [4.69, 9.17) is 10.1 Å². The summed E-state index contributed by atoms with van der Waals surface area (Å²) in [6, 6.07) is 0. The van der Waals surface area contributed by atoms with E-state index in [9.17, 15) is 4.79 Å². The van der Waals surface area contributed by atoms with Crippen molar-refractivity contribution < 1.29 is 9.90 Å². The summed E-state index contributed by atoms with van der Waals surface area (Å²) in [5.74, 6) is 1.65. The van der Waals surface area contributed by atoms with Crippen LogP contribution in [0.1, 0.15) is 30.3 Å². The number of hydrogen-bond acceptors (Lipinski definition) is 5.